The Bertz CT molecular complexity index is 700. The molecule has 0 bridgehead atoms. The molecule has 0 aliphatic carbocycles. The lowest BCUT2D eigenvalue weighted by Gasteiger charge is -2.30. The van der Waals surface area contributed by atoms with E-state index in [1.54, 1.807) is 0 Å². The van der Waals surface area contributed by atoms with E-state index in [9.17, 15) is 16.8 Å². The molecule has 5 nitrogen and oxygen atoms in total. The fraction of sp³-hybridized carbons (Fsp3) is 0.600. The highest BCUT2D eigenvalue weighted by molar-refractivity contribution is 7.90. The SMILES string of the molecule is Cc1ccc(CS(=O)(=O)N2CCC(CS(C)(=O)=O)CC2)cc1. The van der Waals surface area contributed by atoms with Crippen LogP contribution in [0.5, 0.6) is 0 Å². The maximum absolute atomic E-state index is 12.4. The van der Waals surface area contributed by atoms with Crippen molar-refractivity contribution >= 4 is 19.9 Å². The molecule has 0 spiro atoms. The normalized spacial score (nSPS) is 18.5. The first kappa shape index (κ1) is 17.4. The van der Waals surface area contributed by atoms with Crippen LogP contribution in [0.15, 0.2) is 24.3 Å². The number of benzene rings is 1. The van der Waals surface area contributed by atoms with Crippen LogP contribution in [-0.4, -0.2) is 46.2 Å². The van der Waals surface area contributed by atoms with E-state index in [1.807, 2.05) is 31.2 Å². The molecule has 1 fully saturated rings. The van der Waals surface area contributed by atoms with Gasteiger partial charge >= 0.3 is 0 Å². The number of sulfonamides is 1. The Hall–Kier alpha value is -0.920. The first-order valence-corrected chi connectivity index (χ1v) is 11.0. The predicted molar refractivity (Wildman–Crippen MR) is 87.8 cm³/mol. The lowest BCUT2D eigenvalue weighted by molar-refractivity contribution is 0.289. The predicted octanol–water partition coefficient (Wildman–Crippen LogP) is 1.58. The first-order valence-electron chi connectivity index (χ1n) is 7.37. The van der Waals surface area contributed by atoms with Gasteiger partial charge in [-0.15, -0.1) is 0 Å². The third-order valence-corrected chi connectivity index (χ3v) is 6.90. The molecule has 0 amide bonds. The highest BCUT2D eigenvalue weighted by Gasteiger charge is 2.29. The van der Waals surface area contributed by atoms with Crippen LogP contribution in [0.2, 0.25) is 0 Å². The Balaban J connectivity index is 1.96. The number of nitrogens with zero attached hydrogens (tertiary/aromatic N) is 1. The van der Waals surface area contributed by atoms with Crippen LogP contribution in [0.3, 0.4) is 0 Å². The van der Waals surface area contributed by atoms with Crippen LogP contribution in [0.4, 0.5) is 0 Å². The first-order chi connectivity index (χ1) is 10.2. The maximum atomic E-state index is 12.4. The van der Waals surface area contributed by atoms with Gasteiger partial charge in [0.05, 0.1) is 11.5 Å². The van der Waals surface area contributed by atoms with Gasteiger partial charge in [0, 0.05) is 19.3 Å². The van der Waals surface area contributed by atoms with Crippen molar-refractivity contribution in [1.29, 1.82) is 0 Å². The number of rotatable bonds is 5. The lowest BCUT2D eigenvalue weighted by Crippen LogP contribution is -2.40. The summed E-state index contributed by atoms with van der Waals surface area (Å²) >= 11 is 0. The minimum atomic E-state index is -3.33. The topological polar surface area (TPSA) is 71.5 Å². The number of aryl methyl sites for hydroxylation is 1. The Morgan fingerprint density at radius 2 is 1.59 bits per heavy atom. The molecule has 7 heteroatoms. The van der Waals surface area contributed by atoms with Gasteiger partial charge in [0.1, 0.15) is 9.84 Å². The summed E-state index contributed by atoms with van der Waals surface area (Å²) in [5.74, 6) is 0.226. The fourth-order valence-electron chi connectivity index (χ4n) is 2.77. The van der Waals surface area contributed by atoms with Gasteiger partial charge in [0.2, 0.25) is 10.0 Å². The van der Waals surface area contributed by atoms with E-state index in [0.29, 0.717) is 25.9 Å². The van der Waals surface area contributed by atoms with E-state index in [-0.39, 0.29) is 17.4 Å². The third kappa shape index (κ3) is 5.07. The second kappa shape index (κ2) is 6.68. The van der Waals surface area contributed by atoms with Crippen molar-refractivity contribution in [1.82, 2.24) is 4.31 Å². The molecule has 2 rings (SSSR count). The molecule has 124 valence electrons. The van der Waals surface area contributed by atoms with Gasteiger partial charge in [-0.1, -0.05) is 29.8 Å². The van der Waals surface area contributed by atoms with E-state index < -0.39 is 19.9 Å². The molecule has 0 radical (unpaired) electrons. The Kier molecular flexibility index (Phi) is 5.29. The summed E-state index contributed by atoms with van der Waals surface area (Å²) in [6.45, 7) is 2.79. The van der Waals surface area contributed by atoms with Crippen LogP contribution in [0.25, 0.3) is 0 Å². The molecule has 1 saturated heterocycles. The lowest BCUT2D eigenvalue weighted by atomic mass is 10.0. The average molecular weight is 345 g/mol. The molecular weight excluding hydrogens is 322 g/mol. The number of sulfone groups is 1. The minimum absolute atomic E-state index is 0.00399. The van der Waals surface area contributed by atoms with Gasteiger partial charge in [0.15, 0.2) is 0 Å². The largest absolute Gasteiger partial charge is 0.229 e. The molecule has 0 unspecified atom stereocenters. The van der Waals surface area contributed by atoms with E-state index in [2.05, 4.69) is 0 Å². The zero-order valence-electron chi connectivity index (χ0n) is 13.0. The van der Waals surface area contributed by atoms with Crippen molar-refractivity contribution in [2.45, 2.75) is 25.5 Å². The molecule has 0 saturated carbocycles. The van der Waals surface area contributed by atoms with Crippen molar-refractivity contribution in [2.24, 2.45) is 5.92 Å². The van der Waals surface area contributed by atoms with Crippen LogP contribution < -0.4 is 0 Å². The Labute approximate surface area is 133 Å². The van der Waals surface area contributed by atoms with Gasteiger partial charge in [-0.25, -0.2) is 21.1 Å². The summed E-state index contributed by atoms with van der Waals surface area (Å²) in [7, 11) is -6.33. The minimum Gasteiger partial charge on any atom is -0.229 e. The molecule has 0 N–H and O–H groups in total. The number of piperidine rings is 1. The molecule has 1 aliphatic heterocycles. The summed E-state index contributed by atoms with van der Waals surface area (Å²) < 4.78 is 49.0. The summed E-state index contributed by atoms with van der Waals surface area (Å²) in [5, 5.41) is 0. The maximum Gasteiger partial charge on any atom is 0.218 e. The van der Waals surface area contributed by atoms with Crippen molar-refractivity contribution in [2.75, 3.05) is 25.1 Å². The van der Waals surface area contributed by atoms with E-state index >= 15 is 0 Å². The third-order valence-electron chi connectivity index (χ3n) is 3.98. The average Bonchev–Trinajstić information content (AvgIpc) is 2.40. The van der Waals surface area contributed by atoms with Crippen LogP contribution >= 0.6 is 0 Å². The quantitative estimate of drug-likeness (QED) is 0.812. The molecule has 1 aliphatic rings. The standard InChI is InChI=1S/C15H23NO4S2/c1-13-3-5-14(6-4-13)12-22(19,20)16-9-7-15(8-10-16)11-21(2,17)18/h3-6,15H,7-12H2,1-2H3. The fourth-order valence-corrected chi connectivity index (χ4v) is 5.52. The van der Waals surface area contributed by atoms with Gasteiger partial charge in [0.25, 0.3) is 0 Å². The van der Waals surface area contributed by atoms with Gasteiger partial charge in [-0.2, -0.15) is 0 Å². The number of hydrogen-bond donors (Lipinski definition) is 0. The van der Waals surface area contributed by atoms with E-state index in [4.69, 9.17) is 0 Å². The number of hydrogen-bond acceptors (Lipinski definition) is 4. The van der Waals surface area contributed by atoms with E-state index in [1.165, 1.54) is 10.6 Å². The highest BCUT2D eigenvalue weighted by Crippen LogP contribution is 2.22. The molecule has 0 atom stereocenters. The Morgan fingerprint density at radius 1 is 1.05 bits per heavy atom. The van der Waals surface area contributed by atoms with Crippen LogP contribution in [-0.2, 0) is 25.6 Å². The summed E-state index contributed by atoms with van der Waals surface area (Å²) in [4.78, 5) is 0. The summed E-state index contributed by atoms with van der Waals surface area (Å²) in [6.07, 6.45) is 2.45. The van der Waals surface area contributed by atoms with Crippen molar-refractivity contribution in [3.8, 4) is 0 Å². The van der Waals surface area contributed by atoms with Gasteiger partial charge < -0.3 is 0 Å². The van der Waals surface area contributed by atoms with E-state index in [0.717, 1.165) is 11.1 Å². The Morgan fingerprint density at radius 3 is 2.09 bits per heavy atom. The van der Waals surface area contributed by atoms with Crippen molar-refractivity contribution in [3.63, 3.8) is 0 Å². The van der Waals surface area contributed by atoms with Crippen LogP contribution in [0, 0.1) is 12.8 Å². The van der Waals surface area contributed by atoms with Gasteiger partial charge in [-0.05, 0) is 31.2 Å². The van der Waals surface area contributed by atoms with Crippen LogP contribution in [0.1, 0.15) is 24.0 Å². The highest BCUT2D eigenvalue weighted by atomic mass is 32.2. The summed E-state index contributed by atoms with van der Waals surface area (Å²) in [5.41, 5.74) is 1.88. The molecule has 1 aromatic carbocycles. The second-order valence-corrected chi connectivity index (χ2v) is 10.3. The van der Waals surface area contributed by atoms with Crippen molar-refractivity contribution < 1.29 is 16.8 Å². The molecule has 1 heterocycles. The van der Waals surface area contributed by atoms with Gasteiger partial charge in [-0.3, -0.25) is 0 Å². The zero-order chi connectivity index (χ0) is 16.4. The molecular formula is C15H23NO4S2. The monoisotopic (exact) mass is 345 g/mol. The summed E-state index contributed by atoms with van der Waals surface area (Å²) in [6, 6.07) is 7.49. The smallest absolute Gasteiger partial charge is 0.218 e. The second-order valence-electron chi connectivity index (χ2n) is 6.18. The molecule has 0 aromatic heterocycles. The van der Waals surface area contributed by atoms with Crippen molar-refractivity contribution in [3.05, 3.63) is 35.4 Å². The zero-order valence-corrected chi connectivity index (χ0v) is 14.7. The molecule has 1 aromatic rings. The molecule has 22 heavy (non-hydrogen) atoms.